The molecular formula is C21H23F5N6O4S. The molecule has 1 saturated carbocycles. The molecule has 1 aliphatic rings. The van der Waals surface area contributed by atoms with Crippen molar-refractivity contribution in [3.63, 3.8) is 0 Å². The molecular weight excluding hydrogens is 527 g/mol. The van der Waals surface area contributed by atoms with E-state index in [0.29, 0.717) is 12.8 Å². The van der Waals surface area contributed by atoms with E-state index in [4.69, 9.17) is 4.42 Å². The van der Waals surface area contributed by atoms with Crippen molar-refractivity contribution in [2.75, 3.05) is 18.9 Å². The van der Waals surface area contributed by atoms with Crippen LogP contribution >= 0.6 is 0 Å². The first-order chi connectivity index (χ1) is 17.0. The number of nitrogens with one attached hydrogen (secondary N) is 1. The van der Waals surface area contributed by atoms with Gasteiger partial charge in [0.25, 0.3) is 11.8 Å². The summed E-state index contributed by atoms with van der Waals surface area (Å²) >= 11 is 0. The number of halogens is 5. The van der Waals surface area contributed by atoms with Gasteiger partial charge in [-0.1, -0.05) is 13.5 Å². The quantitative estimate of drug-likeness (QED) is 0.346. The van der Waals surface area contributed by atoms with Gasteiger partial charge in [-0.25, -0.2) is 27.1 Å². The zero-order valence-electron chi connectivity index (χ0n) is 18.5. The summed E-state index contributed by atoms with van der Waals surface area (Å²) in [4.78, 5) is 8.05. The van der Waals surface area contributed by atoms with Crippen molar-refractivity contribution >= 4 is 16.0 Å². The smallest absolute Gasteiger partial charge is 0.387 e. The highest BCUT2D eigenvalue weighted by atomic mass is 32.2. The van der Waals surface area contributed by atoms with Gasteiger partial charge in [-0.15, -0.1) is 10.2 Å². The van der Waals surface area contributed by atoms with Gasteiger partial charge in [0.1, 0.15) is 11.6 Å². The molecule has 0 radical (unpaired) electrons. The lowest BCUT2D eigenvalue weighted by atomic mass is 10.1. The van der Waals surface area contributed by atoms with Gasteiger partial charge in [-0.2, -0.15) is 17.6 Å². The first kappa shape index (κ1) is 28.2. The van der Waals surface area contributed by atoms with E-state index in [1.165, 1.54) is 25.5 Å². The minimum atomic E-state index is -3.63. The Hall–Kier alpha value is -3.40. The summed E-state index contributed by atoms with van der Waals surface area (Å²) in [5, 5.41) is 9.00. The normalized spacial score (nSPS) is 14.6. The zero-order chi connectivity index (χ0) is 26.0. The van der Waals surface area contributed by atoms with E-state index in [-0.39, 0.29) is 36.9 Å². The Labute approximate surface area is 208 Å². The van der Waals surface area contributed by atoms with Crippen LogP contribution in [0.5, 0.6) is 5.75 Å². The largest absolute Gasteiger partial charge is 0.435 e. The number of likely N-dealkylation sites (N-methyl/N-ethyl adjacent to an activating group) is 1. The van der Waals surface area contributed by atoms with Crippen molar-refractivity contribution in [1.82, 2.24) is 24.5 Å². The Bertz CT molecular complexity index is 1310. The molecule has 2 heterocycles. The SMILES string of the molecule is C.CN(CC(Nc1ncc(-c2nnc(C(F)F)o2)cn1)c1ccc(OC(F)F)cc1F)S(=O)(=O)C1CC1. The van der Waals surface area contributed by atoms with E-state index in [1.807, 2.05) is 0 Å². The number of anilines is 1. The summed E-state index contributed by atoms with van der Waals surface area (Å²) in [7, 11) is -2.29. The summed E-state index contributed by atoms with van der Waals surface area (Å²) in [6.07, 6.45) is 0.467. The summed E-state index contributed by atoms with van der Waals surface area (Å²) in [6, 6.07) is 2.02. The molecule has 1 atom stereocenters. The Balaban J connectivity index is 0.00000380. The molecule has 3 aromatic rings. The number of benzene rings is 1. The lowest BCUT2D eigenvalue weighted by Crippen LogP contribution is -2.36. The Morgan fingerprint density at radius 2 is 1.84 bits per heavy atom. The number of hydrogen-bond acceptors (Lipinski definition) is 9. The van der Waals surface area contributed by atoms with Crippen LogP contribution in [0.3, 0.4) is 0 Å². The highest BCUT2D eigenvalue weighted by molar-refractivity contribution is 7.90. The molecule has 1 N–H and O–H groups in total. The van der Waals surface area contributed by atoms with Gasteiger partial charge >= 0.3 is 13.0 Å². The summed E-state index contributed by atoms with van der Waals surface area (Å²) in [6.45, 7) is -3.39. The molecule has 1 aliphatic carbocycles. The predicted octanol–water partition coefficient (Wildman–Crippen LogP) is 4.42. The third-order valence-electron chi connectivity index (χ3n) is 5.22. The zero-order valence-corrected chi connectivity index (χ0v) is 19.3. The lowest BCUT2D eigenvalue weighted by molar-refractivity contribution is -0.0500. The van der Waals surface area contributed by atoms with Crippen molar-refractivity contribution in [3.05, 3.63) is 47.9 Å². The maximum absolute atomic E-state index is 14.9. The van der Waals surface area contributed by atoms with Crippen LogP contribution in [-0.4, -0.2) is 58.3 Å². The summed E-state index contributed by atoms with van der Waals surface area (Å²) in [5.41, 5.74) is 0.0743. The fraction of sp³-hybridized carbons (Fsp3) is 0.429. The standard InChI is InChI=1S/C20H19F5N6O4S.CH4/c1-31(36(32,33)12-3-4-12)9-15(13-5-2-11(6-14(13)21)34-19(24)25)28-20-26-7-10(8-27-20)17-29-30-18(35-17)16(22)23;/h2,5-8,12,15-16,19H,3-4,9H2,1H3,(H,26,27,28);1H4. The van der Waals surface area contributed by atoms with Crippen LogP contribution in [0.2, 0.25) is 0 Å². The molecule has 0 bridgehead atoms. The molecule has 16 heteroatoms. The molecule has 1 unspecified atom stereocenters. The van der Waals surface area contributed by atoms with E-state index in [2.05, 4.69) is 30.2 Å². The van der Waals surface area contributed by atoms with E-state index in [0.717, 1.165) is 16.4 Å². The summed E-state index contributed by atoms with van der Waals surface area (Å²) in [5.74, 6) is -2.52. The van der Waals surface area contributed by atoms with Crippen LogP contribution in [0.4, 0.5) is 27.9 Å². The molecule has 10 nitrogen and oxygen atoms in total. The predicted molar refractivity (Wildman–Crippen MR) is 121 cm³/mol. The molecule has 1 fully saturated rings. The second kappa shape index (κ2) is 11.3. The Kier molecular flexibility index (Phi) is 8.63. The topological polar surface area (TPSA) is 123 Å². The molecule has 4 rings (SSSR count). The Morgan fingerprint density at radius 1 is 1.16 bits per heavy atom. The van der Waals surface area contributed by atoms with Crippen LogP contribution in [0.25, 0.3) is 11.5 Å². The van der Waals surface area contributed by atoms with Gasteiger partial charge in [-0.05, 0) is 18.9 Å². The molecule has 202 valence electrons. The van der Waals surface area contributed by atoms with Gasteiger partial charge < -0.3 is 14.5 Å². The number of aromatic nitrogens is 4. The fourth-order valence-corrected chi connectivity index (χ4v) is 4.88. The highest BCUT2D eigenvalue weighted by Gasteiger charge is 2.39. The molecule has 37 heavy (non-hydrogen) atoms. The third-order valence-corrected chi connectivity index (χ3v) is 7.55. The summed E-state index contributed by atoms with van der Waals surface area (Å²) < 4.78 is 100. The van der Waals surface area contributed by atoms with Gasteiger partial charge in [0.2, 0.25) is 16.0 Å². The van der Waals surface area contributed by atoms with E-state index >= 15 is 0 Å². The number of ether oxygens (including phenoxy) is 1. The van der Waals surface area contributed by atoms with Crippen molar-refractivity contribution in [2.24, 2.45) is 0 Å². The number of rotatable bonds is 11. The maximum atomic E-state index is 14.9. The Morgan fingerprint density at radius 3 is 2.38 bits per heavy atom. The highest BCUT2D eigenvalue weighted by Crippen LogP contribution is 2.33. The van der Waals surface area contributed by atoms with Crippen molar-refractivity contribution < 1.29 is 39.5 Å². The number of sulfonamides is 1. The molecule has 0 amide bonds. The van der Waals surface area contributed by atoms with E-state index < -0.39 is 51.8 Å². The van der Waals surface area contributed by atoms with Crippen molar-refractivity contribution in [1.29, 1.82) is 0 Å². The van der Waals surface area contributed by atoms with Crippen molar-refractivity contribution in [3.8, 4) is 17.2 Å². The fourth-order valence-electron chi connectivity index (χ4n) is 3.28. The average Bonchev–Trinajstić information content (AvgIpc) is 3.56. The van der Waals surface area contributed by atoms with Crippen LogP contribution in [-0.2, 0) is 10.0 Å². The van der Waals surface area contributed by atoms with Crippen LogP contribution in [0.15, 0.2) is 35.0 Å². The maximum Gasteiger partial charge on any atom is 0.387 e. The molecule has 0 aliphatic heterocycles. The van der Waals surface area contributed by atoms with E-state index in [9.17, 15) is 30.4 Å². The van der Waals surface area contributed by atoms with Crippen molar-refractivity contribution in [2.45, 2.75) is 44.6 Å². The van der Waals surface area contributed by atoms with Crippen LogP contribution < -0.4 is 10.1 Å². The lowest BCUT2D eigenvalue weighted by Gasteiger charge is -2.25. The molecule has 0 saturated heterocycles. The van der Waals surface area contributed by atoms with Crippen LogP contribution in [0.1, 0.15) is 44.2 Å². The molecule has 0 spiro atoms. The number of nitrogens with zero attached hydrogens (tertiary/aromatic N) is 5. The molecule has 2 aromatic heterocycles. The van der Waals surface area contributed by atoms with Gasteiger partial charge in [-0.3, -0.25) is 0 Å². The van der Waals surface area contributed by atoms with Crippen LogP contribution in [0, 0.1) is 5.82 Å². The first-order valence-corrected chi connectivity index (χ1v) is 11.9. The minimum Gasteiger partial charge on any atom is -0.435 e. The second-order valence-corrected chi connectivity index (χ2v) is 10.1. The first-order valence-electron chi connectivity index (χ1n) is 10.4. The average molecular weight is 551 g/mol. The molecule has 1 aromatic carbocycles. The number of hydrogen-bond donors (Lipinski definition) is 1. The van der Waals surface area contributed by atoms with Gasteiger partial charge in [0, 0.05) is 37.6 Å². The monoisotopic (exact) mass is 550 g/mol. The van der Waals surface area contributed by atoms with Gasteiger partial charge in [0.15, 0.2) is 0 Å². The third kappa shape index (κ3) is 6.68. The second-order valence-electron chi connectivity index (χ2n) is 7.83. The number of alkyl halides is 4. The minimum absolute atomic E-state index is 0. The van der Waals surface area contributed by atoms with Gasteiger partial charge in [0.05, 0.1) is 16.9 Å². The van der Waals surface area contributed by atoms with E-state index in [1.54, 1.807) is 0 Å².